The number of amides is 2. The molecule has 0 unspecified atom stereocenters. The number of aromatic nitrogens is 1. The van der Waals surface area contributed by atoms with Crippen molar-refractivity contribution in [2.24, 2.45) is 0 Å². The SMILES string of the molecule is COC(=O)N(C(=O)c1ccc(OCc2nc3ccccc3s2)cc1)c1ccccc1C. The maximum absolute atomic E-state index is 13.1. The molecule has 31 heavy (non-hydrogen) atoms. The molecule has 1 aromatic heterocycles. The van der Waals surface area contributed by atoms with E-state index in [1.807, 2.05) is 43.3 Å². The lowest BCUT2D eigenvalue weighted by Crippen LogP contribution is -2.37. The van der Waals surface area contributed by atoms with Crippen LogP contribution in [0.5, 0.6) is 5.75 Å². The highest BCUT2D eigenvalue weighted by Gasteiger charge is 2.26. The van der Waals surface area contributed by atoms with Gasteiger partial charge >= 0.3 is 6.09 Å². The lowest BCUT2D eigenvalue weighted by atomic mass is 10.1. The molecule has 0 N–H and O–H groups in total. The van der Waals surface area contributed by atoms with E-state index in [2.05, 4.69) is 4.98 Å². The molecular weight excluding hydrogens is 412 g/mol. The zero-order valence-electron chi connectivity index (χ0n) is 17.1. The van der Waals surface area contributed by atoms with Gasteiger partial charge < -0.3 is 9.47 Å². The summed E-state index contributed by atoms with van der Waals surface area (Å²) in [6.45, 7) is 2.17. The summed E-state index contributed by atoms with van der Waals surface area (Å²) in [7, 11) is 1.25. The van der Waals surface area contributed by atoms with E-state index in [4.69, 9.17) is 9.47 Å². The van der Waals surface area contributed by atoms with E-state index in [0.29, 0.717) is 23.6 Å². The molecule has 4 aromatic rings. The average molecular weight is 433 g/mol. The molecule has 0 saturated heterocycles. The van der Waals surface area contributed by atoms with Crippen LogP contribution in [0, 0.1) is 6.92 Å². The second-order valence-electron chi connectivity index (χ2n) is 6.79. The lowest BCUT2D eigenvalue weighted by molar-refractivity contribution is 0.0975. The number of hydrogen-bond acceptors (Lipinski definition) is 6. The normalized spacial score (nSPS) is 10.6. The zero-order chi connectivity index (χ0) is 21.8. The summed E-state index contributed by atoms with van der Waals surface area (Å²) in [4.78, 5) is 31.0. The van der Waals surface area contributed by atoms with Crippen LogP contribution in [0.4, 0.5) is 10.5 Å². The fraction of sp³-hybridized carbons (Fsp3) is 0.125. The summed E-state index contributed by atoms with van der Waals surface area (Å²) in [5.41, 5.74) is 2.57. The van der Waals surface area contributed by atoms with Crippen molar-refractivity contribution in [1.82, 2.24) is 4.98 Å². The topological polar surface area (TPSA) is 68.7 Å². The highest BCUT2D eigenvalue weighted by atomic mass is 32.1. The zero-order valence-corrected chi connectivity index (χ0v) is 17.9. The largest absolute Gasteiger partial charge is 0.486 e. The van der Waals surface area contributed by atoms with Crippen LogP contribution in [0.3, 0.4) is 0 Å². The fourth-order valence-corrected chi connectivity index (χ4v) is 4.03. The quantitative estimate of drug-likeness (QED) is 0.411. The molecule has 0 fully saturated rings. The van der Waals surface area contributed by atoms with E-state index in [-0.39, 0.29) is 0 Å². The number of thiazole rings is 1. The molecule has 6 nitrogen and oxygen atoms in total. The standard InChI is InChI=1S/C24H20N2O4S/c1-16-7-3-5-9-20(16)26(24(28)29-2)23(27)17-11-13-18(14-12-17)30-15-22-25-19-8-4-6-10-21(19)31-22/h3-14H,15H2,1-2H3. The maximum Gasteiger partial charge on any atom is 0.421 e. The number of anilines is 1. The number of nitrogens with zero attached hydrogens (tertiary/aromatic N) is 2. The minimum atomic E-state index is -0.740. The van der Waals surface area contributed by atoms with Gasteiger partial charge in [-0.1, -0.05) is 30.3 Å². The molecule has 1 heterocycles. The van der Waals surface area contributed by atoms with Crippen molar-refractivity contribution in [3.63, 3.8) is 0 Å². The molecule has 0 atom stereocenters. The first kappa shape index (κ1) is 20.6. The van der Waals surface area contributed by atoms with Gasteiger partial charge in [0.1, 0.15) is 17.4 Å². The third-order valence-corrected chi connectivity index (χ3v) is 5.73. The van der Waals surface area contributed by atoms with Gasteiger partial charge in [0, 0.05) is 5.56 Å². The monoisotopic (exact) mass is 432 g/mol. The van der Waals surface area contributed by atoms with Crippen molar-refractivity contribution in [1.29, 1.82) is 0 Å². The molecule has 0 bridgehead atoms. The van der Waals surface area contributed by atoms with Crippen molar-refractivity contribution in [2.75, 3.05) is 12.0 Å². The predicted molar refractivity (Wildman–Crippen MR) is 121 cm³/mol. The Labute approximate surface area is 183 Å². The molecule has 3 aromatic carbocycles. The Balaban J connectivity index is 1.50. The van der Waals surface area contributed by atoms with E-state index >= 15 is 0 Å². The Bertz CT molecular complexity index is 1200. The maximum atomic E-state index is 13.1. The molecule has 2 amide bonds. The summed E-state index contributed by atoms with van der Waals surface area (Å²) in [5.74, 6) is 0.134. The van der Waals surface area contributed by atoms with Crippen LogP contribution in [0.25, 0.3) is 10.2 Å². The number of ether oxygens (including phenoxy) is 2. The number of benzene rings is 3. The molecule has 0 spiro atoms. The summed E-state index contributed by atoms with van der Waals surface area (Å²) in [6.07, 6.45) is -0.740. The second-order valence-corrected chi connectivity index (χ2v) is 7.90. The number of carbonyl (C=O) groups excluding carboxylic acids is 2. The van der Waals surface area contributed by atoms with Crippen LogP contribution in [-0.2, 0) is 11.3 Å². The van der Waals surface area contributed by atoms with Crippen LogP contribution < -0.4 is 9.64 Å². The number of hydrogen-bond donors (Lipinski definition) is 0. The highest BCUT2D eigenvalue weighted by Crippen LogP contribution is 2.25. The summed E-state index contributed by atoms with van der Waals surface area (Å²) in [5, 5.41) is 0.873. The first-order chi connectivity index (χ1) is 15.1. The Morgan fingerprint density at radius 1 is 0.968 bits per heavy atom. The summed E-state index contributed by atoms with van der Waals surface area (Å²) in [6, 6.07) is 21.7. The number of rotatable bonds is 5. The molecule has 4 rings (SSSR count). The van der Waals surface area contributed by atoms with Crippen molar-refractivity contribution < 1.29 is 19.1 Å². The van der Waals surface area contributed by atoms with Gasteiger partial charge in [0.2, 0.25) is 0 Å². The van der Waals surface area contributed by atoms with Gasteiger partial charge in [-0.05, 0) is 55.0 Å². The van der Waals surface area contributed by atoms with Crippen LogP contribution in [0.2, 0.25) is 0 Å². The second kappa shape index (κ2) is 8.97. The van der Waals surface area contributed by atoms with Gasteiger partial charge in [0.25, 0.3) is 5.91 Å². The van der Waals surface area contributed by atoms with E-state index in [0.717, 1.165) is 25.7 Å². The number of carbonyl (C=O) groups is 2. The Kier molecular flexibility index (Phi) is 5.95. The van der Waals surface area contributed by atoms with Crippen molar-refractivity contribution in [3.05, 3.63) is 88.9 Å². The number of aryl methyl sites for hydroxylation is 1. The van der Waals surface area contributed by atoms with E-state index in [9.17, 15) is 9.59 Å². The third-order valence-electron chi connectivity index (χ3n) is 4.72. The third kappa shape index (κ3) is 4.41. The van der Waals surface area contributed by atoms with Crippen molar-refractivity contribution >= 4 is 39.2 Å². The van der Waals surface area contributed by atoms with Gasteiger partial charge in [0.15, 0.2) is 0 Å². The van der Waals surface area contributed by atoms with Crippen LogP contribution in [0.1, 0.15) is 20.9 Å². The van der Waals surface area contributed by atoms with Crippen LogP contribution in [0.15, 0.2) is 72.8 Å². The molecule has 0 radical (unpaired) electrons. The Morgan fingerprint density at radius 2 is 1.68 bits per heavy atom. The number of imide groups is 1. The first-order valence-corrected chi connectivity index (χ1v) is 10.4. The summed E-state index contributed by atoms with van der Waals surface area (Å²) >= 11 is 1.58. The molecule has 0 aliphatic carbocycles. The number of para-hydroxylation sites is 2. The van der Waals surface area contributed by atoms with E-state index < -0.39 is 12.0 Å². The Hall–Kier alpha value is -3.71. The predicted octanol–water partition coefficient (Wildman–Crippen LogP) is 5.60. The molecule has 0 aliphatic rings. The van der Waals surface area contributed by atoms with Gasteiger partial charge in [-0.25, -0.2) is 14.7 Å². The minimum absolute atomic E-state index is 0.337. The Morgan fingerprint density at radius 3 is 2.39 bits per heavy atom. The van der Waals surface area contributed by atoms with Crippen molar-refractivity contribution in [3.8, 4) is 5.75 Å². The first-order valence-electron chi connectivity index (χ1n) is 9.62. The lowest BCUT2D eigenvalue weighted by Gasteiger charge is -2.21. The van der Waals surface area contributed by atoms with Crippen molar-refractivity contribution in [2.45, 2.75) is 13.5 Å². The molecule has 7 heteroatoms. The molecule has 0 aliphatic heterocycles. The average Bonchev–Trinajstić information content (AvgIpc) is 3.22. The van der Waals surface area contributed by atoms with E-state index in [1.165, 1.54) is 7.11 Å². The number of fused-ring (bicyclic) bond motifs is 1. The minimum Gasteiger partial charge on any atom is -0.486 e. The van der Waals surface area contributed by atoms with Gasteiger partial charge in [-0.3, -0.25) is 4.79 Å². The number of methoxy groups -OCH3 is 1. The summed E-state index contributed by atoms with van der Waals surface area (Å²) < 4.78 is 11.8. The van der Waals surface area contributed by atoms with Crippen LogP contribution >= 0.6 is 11.3 Å². The van der Waals surface area contributed by atoms with Gasteiger partial charge in [-0.2, -0.15) is 0 Å². The highest BCUT2D eigenvalue weighted by molar-refractivity contribution is 7.18. The molecule has 156 valence electrons. The van der Waals surface area contributed by atoms with Gasteiger partial charge in [-0.15, -0.1) is 11.3 Å². The van der Waals surface area contributed by atoms with E-state index in [1.54, 1.807) is 47.7 Å². The van der Waals surface area contributed by atoms with Crippen LogP contribution in [-0.4, -0.2) is 24.1 Å². The molecular formula is C24H20N2O4S. The van der Waals surface area contributed by atoms with Gasteiger partial charge in [0.05, 0.1) is 23.0 Å². The fourth-order valence-electron chi connectivity index (χ4n) is 3.15. The smallest absolute Gasteiger partial charge is 0.421 e. The molecule has 0 saturated carbocycles.